The molecular formula is C20H27N5O2S. The molecule has 1 aliphatic carbocycles. The first-order valence-electron chi connectivity index (χ1n) is 10.3. The van der Waals surface area contributed by atoms with Crippen LogP contribution in [0.25, 0.3) is 10.3 Å². The second-order valence-electron chi connectivity index (χ2n) is 8.03. The van der Waals surface area contributed by atoms with Crippen molar-refractivity contribution >= 4 is 27.6 Å². The molecule has 8 heteroatoms. The van der Waals surface area contributed by atoms with Gasteiger partial charge in [-0.25, -0.2) is 4.98 Å². The lowest BCUT2D eigenvalue weighted by atomic mass is 9.91. The van der Waals surface area contributed by atoms with Gasteiger partial charge in [-0.2, -0.15) is 4.98 Å². The van der Waals surface area contributed by atoms with E-state index in [0.717, 1.165) is 62.1 Å². The van der Waals surface area contributed by atoms with Gasteiger partial charge in [0.05, 0.1) is 19.9 Å². The highest BCUT2D eigenvalue weighted by atomic mass is 32.1. The first kappa shape index (κ1) is 18.3. The molecule has 0 unspecified atom stereocenters. The molecule has 28 heavy (non-hydrogen) atoms. The summed E-state index contributed by atoms with van der Waals surface area (Å²) < 4.78 is 5.20. The number of ether oxygens (including phenoxy) is 1. The van der Waals surface area contributed by atoms with Crippen LogP contribution in [0.15, 0.2) is 6.20 Å². The van der Waals surface area contributed by atoms with E-state index in [1.165, 1.54) is 29.7 Å². The number of piperazine rings is 1. The molecule has 150 valence electrons. The predicted molar refractivity (Wildman–Crippen MR) is 109 cm³/mol. The summed E-state index contributed by atoms with van der Waals surface area (Å²) in [5, 5.41) is 0. The molecule has 0 N–H and O–H groups in total. The molecule has 0 aromatic carbocycles. The summed E-state index contributed by atoms with van der Waals surface area (Å²) in [6.07, 6.45) is 6.67. The van der Waals surface area contributed by atoms with E-state index in [9.17, 15) is 4.79 Å². The van der Waals surface area contributed by atoms with E-state index in [-0.39, 0.29) is 5.91 Å². The molecule has 1 saturated heterocycles. The molecule has 7 nitrogen and oxygen atoms in total. The van der Waals surface area contributed by atoms with Crippen molar-refractivity contribution in [3.63, 3.8) is 0 Å². The van der Waals surface area contributed by atoms with E-state index in [4.69, 9.17) is 4.74 Å². The highest BCUT2D eigenvalue weighted by molar-refractivity contribution is 7.18. The zero-order chi connectivity index (χ0) is 19.1. The van der Waals surface area contributed by atoms with Crippen molar-refractivity contribution in [2.75, 3.05) is 46.4 Å². The number of amides is 1. The molecule has 0 spiro atoms. The van der Waals surface area contributed by atoms with E-state index in [1.807, 2.05) is 0 Å². The molecule has 2 aliphatic heterocycles. The Morgan fingerprint density at radius 1 is 1.25 bits per heavy atom. The van der Waals surface area contributed by atoms with Crippen molar-refractivity contribution in [1.29, 1.82) is 0 Å². The van der Waals surface area contributed by atoms with Gasteiger partial charge in [0.25, 0.3) is 0 Å². The summed E-state index contributed by atoms with van der Waals surface area (Å²) in [4.78, 5) is 31.0. The number of hydrogen-bond donors (Lipinski definition) is 0. The summed E-state index contributed by atoms with van der Waals surface area (Å²) in [5.41, 5.74) is 2.30. The zero-order valence-corrected chi connectivity index (χ0v) is 17.2. The predicted octanol–water partition coefficient (Wildman–Crippen LogP) is 1.75. The Labute approximate surface area is 169 Å². The topological polar surface area (TPSA) is 61.8 Å². The van der Waals surface area contributed by atoms with E-state index in [2.05, 4.69) is 24.7 Å². The van der Waals surface area contributed by atoms with Gasteiger partial charge >= 0.3 is 0 Å². The molecule has 1 amide bonds. The molecule has 3 aliphatic rings. The average molecular weight is 402 g/mol. The number of carbonyl (C=O) groups excluding carboxylic acids is 1. The highest BCUT2D eigenvalue weighted by Crippen LogP contribution is 2.34. The van der Waals surface area contributed by atoms with Crippen LogP contribution in [0.3, 0.4) is 0 Å². The lowest BCUT2D eigenvalue weighted by Crippen LogP contribution is -2.55. The minimum atomic E-state index is 0.274. The first-order chi connectivity index (χ1) is 13.7. The van der Waals surface area contributed by atoms with Crippen molar-refractivity contribution in [3.8, 4) is 5.88 Å². The maximum atomic E-state index is 12.8. The molecule has 0 bridgehead atoms. The normalized spacial score (nSPS) is 21.5. The fourth-order valence-electron chi connectivity index (χ4n) is 4.50. The third kappa shape index (κ3) is 3.38. The SMILES string of the molecule is COc1cnc2c3c(sc2n1)CN(CC(=O)N1CCN(C2CCC2)CC1)CC3. The summed E-state index contributed by atoms with van der Waals surface area (Å²) in [6, 6.07) is 0.784. The van der Waals surface area contributed by atoms with Crippen LogP contribution < -0.4 is 4.74 Å². The Morgan fingerprint density at radius 2 is 2.07 bits per heavy atom. The third-order valence-electron chi connectivity index (χ3n) is 6.43. The standard InChI is InChI=1S/C20H27N5O2S/c1-27-17-11-21-19-15-5-6-23(12-16(15)28-20(19)22-17)13-18(26)25-9-7-24(8-10-25)14-3-2-4-14/h11,14H,2-10,12-13H2,1H3. The minimum absolute atomic E-state index is 0.274. The van der Waals surface area contributed by atoms with Crippen LogP contribution in [-0.4, -0.2) is 83.0 Å². The van der Waals surface area contributed by atoms with Crippen molar-refractivity contribution in [1.82, 2.24) is 24.7 Å². The van der Waals surface area contributed by atoms with Gasteiger partial charge in [0.1, 0.15) is 10.3 Å². The number of aromatic nitrogens is 2. The summed E-state index contributed by atoms with van der Waals surface area (Å²) in [6.45, 7) is 6.07. The third-order valence-corrected chi connectivity index (χ3v) is 7.53. The van der Waals surface area contributed by atoms with Crippen LogP contribution in [0.1, 0.15) is 29.7 Å². The van der Waals surface area contributed by atoms with E-state index in [1.54, 1.807) is 24.6 Å². The van der Waals surface area contributed by atoms with Crippen LogP contribution >= 0.6 is 11.3 Å². The van der Waals surface area contributed by atoms with Crippen molar-refractivity contribution in [2.45, 2.75) is 38.3 Å². The number of carbonyl (C=O) groups is 1. The van der Waals surface area contributed by atoms with Gasteiger partial charge in [0.2, 0.25) is 11.8 Å². The van der Waals surface area contributed by atoms with Gasteiger partial charge in [-0.05, 0) is 24.8 Å². The molecule has 1 saturated carbocycles. The lowest BCUT2D eigenvalue weighted by molar-refractivity contribution is -0.135. The van der Waals surface area contributed by atoms with Gasteiger partial charge in [-0.1, -0.05) is 6.42 Å². The molecule has 0 atom stereocenters. The van der Waals surface area contributed by atoms with Crippen LogP contribution in [-0.2, 0) is 17.8 Å². The van der Waals surface area contributed by atoms with Crippen molar-refractivity contribution in [3.05, 3.63) is 16.6 Å². The Balaban J connectivity index is 1.20. The fraction of sp³-hybridized carbons (Fsp3) is 0.650. The number of nitrogens with zero attached hydrogens (tertiary/aromatic N) is 5. The molecule has 2 aromatic rings. The molecule has 0 radical (unpaired) electrons. The van der Waals surface area contributed by atoms with Gasteiger partial charge < -0.3 is 9.64 Å². The summed E-state index contributed by atoms with van der Waals surface area (Å²) >= 11 is 1.68. The molecule has 5 rings (SSSR count). The van der Waals surface area contributed by atoms with Gasteiger partial charge in [-0.15, -0.1) is 11.3 Å². The fourth-order valence-corrected chi connectivity index (χ4v) is 5.71. The number of methoxy groups -OCH3 is 1. The molecule has 2 aromatic heterocycles. The summed E-state index contributed by atoms with van der Waals surface area (Å²) in [5.74, 6) is 0.829. The van der Waals surface area contributed by atoms with Crippen LogP contribution in [0.4, 0.5) is 0 Å². The zero-order valence-electron chi connectivity index (χ0n) is 16.4. The quantitative estimate of drug-likeness (QED) is 0.778. The largest absolute Gasteiger partial charge is 0.480 e. The second kappa shape index (κ2) is 7.57. The van der Waals surface area contributed by atoms with Crippen molar-refractivity contribution < 1.29 is 9.53 Å². The highest BCUT2D eigenvalue weighted by Gasteiger charge is 2.30. The average Bonchev–Trinajstić information content (AvgIpc) is 3.03. The van der Waals surface area contributed by atoms with Gasteiger partial charge in [0.15, 0.2) is 0 Å². The maximum Gasteiger partial charge on any atom is 0.236 e. The Kier molecular flexibility index (Phi) is 4.94. The van der Waals surface area contributed by atoms with Crippen LogP contribution in [0, 0.1) is 0 Å². The Bertz CT molecular complexity index is 873. The molecule has 4 heterocycles. The Morgan fingerprint density at radius 3 is 2.79 bits per heavy atom. The summed E-state index contributed by atoms with van der Waals surface area (Å²) in [7, 11) is 1.61. The maximum absolute atomic E-state index is 12.8. The van der Waals surface area contributed by atoms with Gasteiger partial charge in [-0.3, -0.25) is 14.6 Å². The van der Waals surface area contributed by atoms with Crippen molar-refractivity contribution in [2.24, 2.45) is 0 Å². The van der Waals surface area contributed by atoms with Crippen LogP contribution in [0.5, 0.6) is 5.88 Å². The molecular weight excluding hydrogens is 374 g/mol. The first-order valence-corrected chi connectivity index (χ1v) is 11.1. The second-order valence-corrected chi connectivity index (χ2v) is 9.12. The number of thiophene rings is 1. The number of fused-ring (bicyclic) bond motifs is 3. The monoisotopic (exact) mass is 401 g/mol. The lowest BCUT2D eigenvalue weighted by Gasteiger charge is -2.43. The van der Waals surface area contributed by atoms with E-state index >= 15 is 0 Å². The van der Waals surface area contributed by atoms with Crippen LogP contribution in [0.2, 0.25) is 0 Å². The minimum Gasteiger partial charge on any atom is -0.480 e. The van der Waals surface area contributed by atoms with E-state index < -0.39 is 0 Å². The number of rotatable bonds is 4. The smallest absolute Gasteiger partial charge is 0.236 e. The van der Waals surface area contributed by atoms with E-state index in [0.29, 0.717) is 12.4 Å². The Hall–Kier alpha value is -1.77. The molecule has 2 fully saturated rings. The van der Waals surface area contributed by atoms with Gasteiger partial charge in [0, 0.05) is 50.2 Å². The number of hydrogen-bond acceptors (Lipinski definition) is 7.